The molecule has 4 saturated carbocycles. The third-order valence-electron chi connectivity index (χ3n) is 5.90. The van der Waals surface area contributed by atoms with Gasteiger partial charge in [0.05, 0.1) is 5.41 Å². The van der Waals surface area contributed by atoms with Gasteiger partial charge in [0.15, 0.2) is 0 Å². The molecule has 3 nitrogen and oxygen atoms in total. The zero-order valence-corrected chi connectivity index (χ0v) is 11.3. The van der Waals surface area contributed by atoms with Gasteiger partial charge in [0.2, 0.25) is 0 Å². The molecule has 1 atom stereocenters. The number of carboxylic acid groups (broad SMARTS) is 1. The molecular weight excluding hydrogens is 226 g/mol. The number of aliphatic carboxylic acids is 1. The average molecular weight is 251 g/mol. The second-order valence-electron chi connectivity index (χ2n) is 7.66. The van der Waals surface area contributed by atoms with Crippen molar-refractivity contribution in [3.63, 3.8) is 0 Å². The number of nitrogens with two attached hydrogens (primary N) is 1. The van der Waals surface area contributed by atoms with Gasteiger partial charge in [0.25, 0.3) is 0 Å². The maximum atomic E-state index is 11.5. The van der Waals surface area contributed by atoms with Crippen molar-refractivity contribution in [1.29, 1.82) is 0 Å². The van der Waals surface area contributed by atoms with Crippen LogP contribution < -0.4 is 5.73 Å². The molecule has 0 saturated heterocycles. The number of rotatable bonds is 4. The fourth-order valence-corrected chi connectivity index (χ4v) is 5.57. The Labute approximate surface area is 109 Å². The van der Waals surface area contributed by atoms with E-state index in [2.05, 4.69) is 0 Å². The van der Waals surface area contributed by atoms with Crippen LogP contribution in [0.2, 0.25) is 0 Å². The summed E-state index contributed by atoms with van der Waals surface area (Å²) in [6, 6.07) is 0. The third-order valence-corrected chi connectivity index (χ3v) is 5.90. The summed E-state index contributed by atoms with van der Waals surface area (Å²) in [5.41, 5.74) is 5.35. The van der Waals surface area contributed by atoms with Crippen LogP contribution in [-0.2, 0) is 4.79 Å². The van der Waals surface area contributed by atoms with Gasteiger partial charge in [0.1, 0.15) is 0 Å². The van der Waals surface area contributed by atoms with Gasteiger partial charge in [-0.25, -0.2) is 0 Å². The van der Waals surface area contributed by atoms with Crippen LogP contribution in [-0.4, -0.2) is 17.6 Å². The van der Waals surface area contributed by atoms with Crippen molar-refractivity contribution in [1.82, 2.24) is 0 Å². The average Bonchev–Trinajstić information content (AvgIpc) is 2.25. The predicted molar refractivity (Wildman–Crippen MR) is 70.0 cm³/mol. The van der Waals surface area contributed by atoms with Gasteiger partial charge >= 0.3 is 5.97 Å². The number of carbonyl (C=O) groups is 1. The smallest absolute Gasteiger partial charge is 0.310 e. The quantitative estimate of drug-likeness (QED) is 0.807. The highest BCUT2D eigenvalue weighted by molar-refractivity contribution is 5.74. The molecule has 3 heteroatoms. The van der Waals surface area contributed by atoms with Crippen LogP contribution in [0.5, 0.6) is 0 Å². The molecule has 0 aromatic carbocycles. The van der Waals surface area contributed by atoms with Crippen molar-refractivity contribution >= 4 is 5.97 Å². The van der Waals surface area contributed by atoms with Crippen LogP contribution >= 0.6 is 0 Å². The summed E-state index contributed by atoms with van der Waals surface area (Å²) in [4.78, 5) is 11.5. The number of carboxylic acids is 1. The van der Waals surface area contributed by atoms with Gasteiger partial charge in [0, 0.05) is 6.54 Å². The highest BCUT2D eigenvalue weighted by atomic mass is 16.4. The molecule has 1 unspecified atom stereocenters. The predicted octanol–water partition coefficient (Wildman–Crippen LogP) is 2.64. The van der Waals surface area contributed by atoms with Crippen LogP contribution in [0.1, 0.15) is 51.9 Å². The van der Waals surface area contributed by atoms with Crippen LogP contribution in [0.15, 0.2) is 0 Å². The Balaban J connectivity index is 1.81. The lowest BCUT2D eigenvalue weighted by atomic mass is 9.47. The maximum absolute atomic E-state index is 11.5. The fraction of sp³-hybridized carbons (Fsp3) is 0.933. The Morgan fingerprint density at radius 2 is 1.67 bits per heavy atom. The third kappa shape index (κ3) is 1.87. The van der Waals surface area contributed by atoms with Gasteiger partial charge in [-0.1, -0.05) is 0 Å². The second kappa shape index (κ2) is 3.96. The van der Waals surface area contributed by atoms with Gasteiger partial charge in [-0.3, -0.25) is 4.79 Å². The number of hydrogen-bond donors (Lipinski definition) is 2. The van der Waals surface area contributed by atoms with Crippen LogP contribution in [0.25, 0.3) is 0 Å². The zero-order chi connectivity index (χ0) is 13.0. The minimum atomic E-state index is -0.717. The molecule has 4 bridgehead atoms. The van der Waals surface area contributed by atoms with E-state index in [0.717, 1.165) is 24.2 Å². The van der Waals surface area contributed by atoms with E-state index >= 15 is 0 Å². The van der Waals surface area contributed by atoms with Crippen molar-refractivity contribution < 1.29 is 9.90 Å². The zero-order valence-electron chi connectivity index (χ0n) is 11.3. The SMILES string of the molecule is CC(CN)(CC12CC3CC(CC(C3)C1)C2)C(=O)O. The van der Waals surface area contributed by atoms with Gasteiger partial charge in [-0.15, -0.1) is 0 Å². The number of hydrogen-bond acceptors (Lipinski definition) is 2. The van der Waals surface area contributed by atoms with Gasteiger partial charge < -0.3 is 10.8 Å². The lowest BCUT2D eigenvalue weighted by Gasteiger charge is -2.58. The Bertz CT molecular complexity index is 330. The molecule has 4 fully saturated rings. The molecule has 3 N–H and O–H groups in total. The first kappa shape index (κ1) is 12.5. The molecule has 102 valence electrons. The summed E-state index contributed by atoms with van der Waals surface area (Å²) in [7, 11) is 0. The Kier molecular flexibility index (Phi) is 2.74. The van der Waals surface area contributed by atoms with Crippen molar-refractivity contribution in [3.05, 3.63) is 0 Å². The van der Waals surface area contributed by atoms with E-state index in [1.807, 2.05) is 6.92 Å². The van der Waals surface area contributed by atoms with Crippen LogP contribution in [0.3, 0.4) is 0 Å². The molecule has 0 radical (unpaired) electrons. The molecule has 4 aliphatic rings. The molecule has 0 aromatic heterocycles. The first-order valence-electron chi connectivity index (χ1n) is 7.38. The van der Waals surface area contributed by atoms with Crippen LogP contribution in [0.4, 0.5) is 0 Å². The summed E-state index contributed by atoms with van der Waals surface area (Å²) in [6.07, 6.45) is 8.82. The van der Waals surface area contributed by atoms with Crippen molar-refractivity contribution in [2.75, 3.05) is 6.54 Å². The van der Waals surface area contributed by atoms with E-state index in [1.165, 1.54) is 38.5 Å². The minimum Gasteiger partial charge on any atom is -0.481 e. The minimum absolute atomic E-state index is 0.268. The molecule has 0 spiro atoms. The first-order valence-corrected chi connectivity index (χ1v) is 7.38. The van der Waals surface area contributed by atoms with E-state index in [9.17, 15) is 9.90 Å². The highest BCUT2D eigenvalue weighted by Gasteiger charge is 2.53. The largest absolute Gasteiger partial charge is 0.481 e. The summed E-state index contributed by atoms with van der Waals surface area (Å²) in [6.45, 7) is 2.11. The Morgan fingerprint density at radius 1 is 1.22 bits per heavy atom. The normalized spacial score (nSPS) is 44.9. The topological polar surface area (TPSA) is 63.3 Å². The molecule has 0 amide bonds. The Morgan fingerprint density at radius 3 is 2.00 bits per heavy atom. The van der Waals surface area contributed by atoms with Crippen molar-refractivity contribution in [2.45, 2.75) is 51.9 Å². The summed E-state index contributed by atoms with van der Waals surface area (Å²) in [5.74, 6) is 1.94. The van der Waals surface area contributed by atoms with E-state index in [-0.39, 0.29) is 6.54 Å². The van der Waals surface area contributed by atoms with Crippen molar-refractivity contribution in [3.8, 4) is 0 Å². The first-order chi connectivity index (χ1) is 8.45. The summed E-state index contributed by atoms with van der Waals surface area (Å²) < 4.78 is 0. The second-order valence-corrected chi connectivity index (χ2v) is 7.66. The monoisotopic (exact) mass is 251 g/mol. The van der Waals surface area contributed by atoms with Gasteiger partial charge in [-0.05, 0) is 75.0 Å². The van der Waals surface area contributed by atoms with E-state index in [1.54, 1.807) is 0 Å². The van der Waals surface area contributed by atoms with Crippen LogP contribution in [0, 0.1) is 28.6 Å². The molecule has 0 heterocycles. The molecule has 4 aliphatic carbocycles. The lowest BCUT2D eigenvalue weighted by Crippen LogP contribution is -2.50. The van der Waals surface area contributed by atoms with E-state index in [0.29, 0.717) is 5.41 Å². The highest BCUT2D eigenvalue weighted by Crippen LogP contribution is 2.62. The Hall–Kier alpha value is -0.570. The van der Waals surface area contributed by atoms with Crippen molar-refractivity contribution in [2.24, 2.45) is 34.3 Å². The fourth-order valence-electron chi connectivity index (χ4n) is 5.57. The maximum Gasteiger partial charge on any atom is 0.310 e. The summed E-state index contributed by atoms with van der Waals surface area (Å²) in [5, 5.41) is 9.45. The van der Waals surface area contributed by atoms with Gasteiger partial charge in [-0.2, -0.15) is 0 Å². The summed E-state index contributed by atoms with van der Waals surface area (Å²) >= 11 is 0. The molecular formula is C15H25NO2. The van der Waals surface area contributed by atoms with E-state index < -0.39 is 11.4 Å². The molecule has 4 rings (SSSR count). The molecule has 0 aliphatic heterocycles. The lowest BCUT2D eigenvalue weighted by molar-refractivity contribution is -0.153. The standard InChI is InChI=1S/C15H25NO2/c1-14(9-16,13(17)18)8-15-5-10-2-11(6-15)4-12(3-10)7-15/h10-12H,2-9,16H2,1H3,(H,17,18). The van der Waals surface area contributed by atoms with E-state index in [4.69, 9.17) is 5.73 Å². The molecule has 18 heavy (non-hydrogen) atoms. The molecule has 0 aromatic rings.